The van der Waals surface area contributed by atoms with Crippen LogP contribution >= 0.6 is 0 Å². The van der Waals surface area contributed by atoms with Gasteiger partial charge < -0.3 is 19.4 Å². The fraction of sp³-hybridized carbons (Fsp3) is 0.593. The van der Waals surface area contributed by atoms with Crippen LogP contribution in [0, 0.1) is 17.2 Å². The number of rotatable bonds is 6. The Morgan fingerprint density at radius 1 is 1.08 bits per heavy atom. The van der Waals surface area contributed by atoms with Crippen molar-refractivity contribution in [1.29, 1.82) is 5.26 Å². The van der Waals surface area contributed by atoms with Gasteiger partial charge in [0.25, 0.3) is 0 Å². The summed E-state index contributed by atoms with van der Waals surface area (Å²) in [4.78, 5) is 15.8. The molecule has 2 fully saturated rings. The molecule has 3 aliphatic rings. The van der Waals surface area contributed by atoms with Crippen LogP contribution in [0.1, 0.15) is 48.9 Å². The van der Waals surface area contributed by atoms with E-state index in [-0.39, 0.29) is 24.2 Å². The second kappa shape index (κ2) is 10.7. The molecule has 0 saturated carbocycles. The lowest BCUT2D eigenvalue weighted by molar-refractivity contribution is -0.137. The number of likely N-dealkylation sites (N-methyl/N-ethyl adjacent to an activating group) is 1. The maximum atomic E-state index is 13.7. The molecular formula is C27H33F3N6O. The van der Waals surface area contributed by atoms with Gasteiger partial charge in [-0.1, -0.05) is 12.1 Å². The summed E-state index contributed by atoms with van der Waals surface area (Å²) >= 11 is 0. The van der Waals surface area contributed by atoms with E-state index in [1.165, 1.54) is 12.1 Å². The predicted octanol–water partition coefficient (Wildman–Crippen LogP) is 4.66. The Kier molecular flexibility index (Phi) is 7.43. The lowest BCUT2D eigenvalue weighted by atomic mass is 9.94. The summed E-state index contributed by atoms with van der Waals surface area (Å²) in [7, 11) is 2.08. The number of para-hydroxylation sites is 1. The minimum atomic E-state index is -4.43. The van der Waals surface area contributed by atoms with Gasteiger partial charge in [0, 0.05) is 43.3 Å². The minimum Gasteiger partial charge on any atom is -0.462 e. The Balaban J connectivity index is 1.46. The standard InChI is InChI=1S/C27H33F3N6O/c1-34-13-5-7-20(34)18-37-26-32-23-17-35(24-9-3-2-8-22(24)27(28,29)30)15-11-21(23)25(33-26)36-14-4-6-19(16-36)10-12-31/h2-3,8-9,19-20H,4-7,10-11,13-18H2,1H3/t19?,20-/m0/s1. The molecule has 10 heteroatoms. The monoisotopic (exact) mass is 514 g/mol. The molecule has 0 spiro atoms. The number of anilines is 2. The van der Waals surface area contributed by atoms with E-state index in [1.807, 2.05) is 0 Å². The van der Waals surface area contributed by atoms with Crippen LogP contribution in [0.2, 0.25) is 0 Å². The van der Waals surface area contributed by atoms with Crippen LogP contribution in [0.4, 0.5) is 24.7 Å². The van der Waals surface area contributed by atoms with Crippen molar-refractivity contribution in [2.45, 2.75) is 57.3 Å². The zero-order valence-electron chi connectivity index (χ0n) is 21.2. The third-order valence-electron chi connectivity index (χ3n) is 7.85. The van der Waals surface area contributed by atoms with Gasteiger partial charge in [-0.25, -0.2) is 0 Å². The van der Waals surface area contributed by atoms with E-state index in [4.69, 9.17) is 14.7 Å². The Morgan fingerprint density at radius 2 is 1.89 bits per heavy atom. The van der Waals surface area contributed by atoms with Gasteiger partial charge in [-0.2, -0.15) is 28.4 Å². The van der Waals surface area contributed by atoms with Crippen LogP contribution in [0.15, 0.2) is 24.3 Å². The van der Waals surface area contributed by atoms with Crippen LogP contribution in [0.5, 0.6) is 6.01 Å². The fourth-order valence-electron chi connectivity index (χ4n) is 5.82. The summed E-state index contributed by atoms with van der Waals surface area (Å²) in [6, 6.07) is 8.59. The SMILES string of the molecule is CN1CCC[C@H]1COc1nc2c(c(N3CCCC(CC#N)C3)n1)CCN(c1ccccc1C(F)(F)F)C2. The molecule has 1 unspecified atom stereocenters. The Labute approximate surface area is 215 Å². The summed E-state index contributed by atoms with van der Waals surface area (Å²) in [6.07, 6.45) is 0.778. The number of ether oxygens (including phenoxy) is 1. The molecule has 0 aliphatic carbocycles. The van der Waals surface area contributed by atoms with Crippen molar-refractivity contribution in [3.63, 3.8) is 0 Å². The van der Waals surface area contributed by atoms with E-state index >= 15 is 0 Å². The number of piperidine rings is 1. The summed E-state index contributed by atoms with van der Waals surface area (Å²) in [5.41, 5.74) is 1.22. The third kappa shape index (κ3) is 5.61. The van der Waals surface area contributed by atoms with Crippen LogP contribution in [0.3, 0.4) is 0 Å². The number of fused-ring (bicyclic) bond motifs is 1. The van der Waals surface area contributed by atoms with Crippen LogP contribution in [-0.2, 0) is 19.1 Å². The lowest BCUT2D eigenvalue weighted by Crippen LogP contribution is -2.39. The first kappa shape index (κ1) is 25.6. The van der Waals surface area contributed by atoms with E-state index in [1.54, 1.807) is 11.0 Å². The van der Waals surface area contributed by atoms with Crippen LogP contribution in [0.25, 0.3) is 0 Å². The highest BCUT2D eigenvalue weighted by atomic mass is 19.4. The highest BCUT2D eigenvalue weighted by Crippen LogP contribution is 2.39. The number of hydrogen-bond donors (Lipinski definition) is 0. The van der Waals surface area contributed by atoms with Crippen molar-refractivity contribution in [3.8, 4) is 12.1 Å². The van der Waals surface area contributed by atoms with E-state index in [9.17, 15) is 18.4 Å². The van der Waals surface area contributed by atoms with Gasteiger partial charge in [-0.05, 0) is 63.7 Å². The molecule has 2 saturated heterocycles. The number of nitriles is 1. The number of likely N-dealkylation sites (tertiary alicyclic amines) is 1. The first-order valence-electron chi connectivity index (χ1n) is 13.1. The van der Waals surface area contributed by atoms with Crippen LogP contribution in [-0.4, -0.2) is 60.7 Å². The molecule has 5 rings (SSSR count). The van der Waals surface area contributed by atoms with Crippen molar-refractivity contribution in [1.82, 2.24) is 14.9 Å². The second-order valence-corrected chi connectivity index (χ2v) is 10.3. The highest BCUT2D eigenvalue weighted by molar-refractivity contribution is 5.59. The molecule has 37 heavy (non-hydrogen) atoms. The molecule has 2 aromatic rings. The normalized spacial score (nSPS) is 22.6. The quantitative estimate of drug-likeness (QED) is 0.555. The topological polar surface area (TPSA) is 68.5 Å². The zero-order valence-corrected chi connectivity index (χ0v) is 21.2. The first-order valence-corrected chi connectivity index (χ1v) is 13.1. The van der Waals surface area contributed by atoms with E-state index < -0.39 is 11.7 Å². The van der Waals surface area contributed by atoms with E-state index in [0.29, 0.717) is 37.7 Å². The van der Waals surface area contributed by atoms with Gasteiger partial charge in [0.1, 0.15) is 12.4 Å². The van der Waals surface area contributed by atoms with Gasteiger partial charge in [-0.15, -0.1) is 0 Å². The number of alkyl halides is 3. The maximum Gasteiger partial charge on any atom is 0.418 e. The second-order valence-electron chi connectivity index (χ2n) is 10.3. The molecule has 2 atom stereocenters. The fourth-order valence-corrected chi connectivity index (χ4v) is 5.82. The molecule has 1 aromatic carbocycles. The van der Waals surface area contributed by atoms with Crippen molar-refractivity contribution in [3.05, 3.63) is 41.1 Å². The third-order valence-corrected chi connectivity index (χ3v) is 7.85. The van der Waals surface area contributed by atoms with Crippen LogP contribution < -0.4 is 14.5 Å². The number of halogens is 3. The number of hydrogen-bond acceptors (Lipinski definition) is 7. The molecule has 1 aromatic heterocycles. The van der Waals surface area contributed by atoms with Gasteiger partial charge in [0.05, 0.1) is 23.9 Å². The molecule has 0 radical (unpaired) electrons. The molecule has 0 bridgehead atoms. The molecule has 198 valence electrons. The van der Waals surface area contributed by atoms with Gasteiger partial charge in [0.15, 0.2) is 0 Å². The largest absolute Gasteiger partial charge is 0.462 e. The predicted molar refractivity (Wildman–Crippen MR) is 135 cm³/mol. The van der Waals surface area contributed by atoms with Crippen molar-refractivity contribution in [2.75, 3.05) is 49.6 Å². The maximum absolute atomic E-state index is 13.7. The van der Waals surface area contributed by atoms with Gasteiger partial charge in [-0.3, -0.25) is 0 Å². The summed E-state index contributed by atoms with van der Waals surface area (Å²) in [5.74, 6) is 1.09. The van der Waals surface area contributed by atoms with Crippen molar-refractivity contribution < 1.29 is 17.9 Å². The zero-order chi connectivity index (χ0) is 26.0. The summed E-state index contributed by atoms with van der Waals surface area (Å²) < 4.78 is 47.3. The highest BCUT2D eigenvalue weighted by Gasteiger charge is 2.36. The molecule has 0 N–H and O–H groups in total. The molecule has 0 amide bonds. The molecule has 7 nitrogen and oxygen atoms in total. The van der Waals surface area contributed by atoms with Crippen molar-refractivity contribution >= 4 is 11.5 Å². The average molecular weight is 515 g/mol. The van der Waals surface area contributed by atoms with Gasteiger partial charge >= 0.3 is 12.2 Å². The smallest absolute Gasteiger partial charge is 0.418 e. The van der Waals surface area contributed by atoms with Gasteiger partial charge in [0.2, 0.25) is 0 Å². The number of benzene rings is 1. The Bertz CT molecular complexity index is 1150. The molecular weight excluding hydrogens is 481 g/mol. The Morgan fingerprint density at radius 3 is 2.65 bits per heavy atom. The number of nitrogens with zero attached hydrogens (tertiary/aromatic N) is 6. The van der Waals surface area contributed by atoms with E-state index in [0.717, 1.165) is 62.8 Å². The van der Waals surface area contributed by atoms with E-state index in [2.05, 4.69) is 22.9 Å². The van der Waals surface area contributed by atoms with Crippen molar-refractivity contribution in [2.24, 2.45) is 5.92 Å². The Hall–Kier alpha value is -3.06. The molecule has 4 heterocycles. The first-order chi connectivity index (χ1) is 17.8. The summed E-state index contributed by atoms with van der Waals surface area (Å²) in [6.45, 7) is 3.78. The number of aromatic nitrogens is 2. The average Bonchev–Trinajstić information content (AvgIpc) is 3.31. The lowest BCUT2D eigenvalue weighted by Gasteiger charge is -2.37. The summed E-state index contributed by atoms with van der Waals surface area (Å²) in [5, 5.41) is 9.22. The minimum absolute atomic E-state index is 0.169. The molecule has 3 aliphatic heterocycles.